The molecule has 0 spiro atoms. The van der Waals surface area contributed by atoms with Crippen LogP contribution in [0.25, 0.3) is 0 Å². The van der Waals surface area contributed by atoms with Crippen LogP contribution < -0.4 is 4.72 Å². The molecule has 0 fully saturated rings. The Morgan fingerprint density at radius 2 is 1.77 bits per heavy atom. The third-order valence-corrected chi connectivity index (χ3v) is 4.75. The fourth-order valence-electron chi connectivity index (χ4n) is 1.58. The first-order chi connectivity index (χ1) is 10.2. The van der Waals surface area contributed by atoms with Crippen molar-refractivity contribution >= 4 is 44.6 Å². The van der Waals surface area contributed by atoms with Crippen LogP contribution in [0.2, 0.25) is 10.0 Å². The topological polar surface area (TPSA) is 89.3 Å². The van der Waals surface area contributed by atoms with Gasteiger partial charge in [0.2, 0.25) is 0 Å². The number of non-ortho nitro benzene ring substituents is 1. The lowest BCUT2D eigenvalue weighted by Gasteiger charge is -2.10. The minimum absolute atomic E-state index is 0.0781. The van der Waals surface area contributed by atoms with Crippen molar-refractivity contribution in [2.45, 2.75) is 4.90 Å². The maximum absolute atomic E-state index is 13.0. The highest BCUT2D eigenvalue weighted by Gasteiger charge is 2.22. The number of nitro benzene ring substituents is 1. The molecule has 0 saturated heterocycles. The molecule has 116 valence electrons. The van der Waals surface area contributed by atoms with Gasteiger partial charge in [-0.2, -0.15) is 0 Å². The monoisotopic (exact) mass is 364 g/mol. The van der Waals surface area contributed by atoms with E-state index in [9.17, 15) is 22.9 Å². The number of anilines is 1. The SMILES string of the molecule is O=[N+]([O-])c1ccc(Cl)c(S(=O)(=O)Nc2ccc(F)cc2Cl)c1. The number of hydrogen-bond acceptors (Lipinski definition) is 4. The van der Waals surface area contributed by atoms with Crippen LogP contribution in [0.1, 0.15) is 0 Å². The van der Waals surface area contributed by atoms with Gasteiger partial charge in [-0.05, 0) is 24.3 Å². The maximum atomic E-state index is 13.0. The summed E-state index contributed by atoms with van der Waals surface area (Å²) in [5.74, 6) is -0.638. The van der Waals surface area contributed by atoms with Crippen LogP contribution in [0.3, 0.4) is 0 Å². The summed E-state index contributed by atoms with van der Waals surface area (Å²) in [5.41, 5.74) is -0.513. The average molecular weight is 365 g/mol. The van der Waals surface area contributed by atoms with Crippen LogP contribution in [0.4, 0.5) is 15.8 Å². The molecule has 0 aliphatic rings. The molecule has 0 atom stereocenters. The summed E-state index contributed by atoms with van der Waals surface area (Å²) in [6, 6.07) is 6.06. The molecule has 0 aliphatic carbocycles. The summed E-state index contributed by atoms with van der Waals surface area (Å²) in [7, 11) is -4.23. The lowest BCUT2D eigenvalue weighted by Crippen LogP contribution is -2.14. The van der Waals surface area contributed by atoms with Gasteiger partial charge in [0.1, 0.15) is 10.7 Å². The summed E-state index contributed by atoms with van der Waals surface area (Å²) in [6.45, 7) is 0. The Balaban J connectivity index is 2.46. The number of nitrogens with zero attached hydrogens (tertiary/aromatic N) is 1. The third-order valence-electron chi connectivity index (χ3n) is 2.59. The quantitative estimate of drug-likeness (QED) is 0.659. The van der Waals surface area contributed by atoms with Gasteiger partial charge >= 0.3 is 0 Å². The minimum atomic E-state index is -4.23. The maximum Gasteiger partial charge on any atom is 0.270 e. The fourth-order valence-corrected chi connectivity index (χ4v) is 3.45. The minimum Gasteiger partial charge on any atom is -0.278 e. The van der Waals surface area contributed by atoms with Crippen molar-refractivity contribution in [1.82, 2.24) is 0 Å². The van der Waals surface area contributed by atoms with Crippen molar-refractivity contribution in [2.24, 2.45) is 0 Å². The highest BCUT2D eigenvalue weighted by molar-refractivity contribution is 7.92. The third kappa shape index (κ3) is 3.46. The van der Waals surface area contributed by atoms with Crippen molar-refractivity contribution < 1.29 is 17.7 Å². The summed E-state index contributed by atoms with van der Waals surface area (Å²) >= 11 is 11.5. The van der Waals surface area contributed by atoms with Crippen LogP contribution in [0.15, 0.2) is 41.3 Å². The number of benzene rings is 2. The first-order valence-corrected chi connectivity index (χ1v) is 7.86. The molecule has 0 radical (unpaired) electrons. The summed E-state index contributed by atoms with van der Waals surface area (Å²) in [4.78, 5) is 9.49. The molecule has 0 aliphatic heterocycles. The van der Waals surface area contributed by atoms with E-state index in [-0.39, 0.29) is 15.7 Å². The van der Waals surface area contributed by atoms with Gasteiger partial charge in [-0.15, -0.1) is 0 Å². The Labute approximate surface area is 134 Å². The van der Waals surface area contributed by atoms with E-state index in [4.69, 9.17) is 23.2 Å². The molecule has 0 heterocycles. The second-order valence-corrected chi connectivity index (χ2v) is 6.57. The number of nitrogens with one attached hydrogen (secondary N) is 1. The van der Waals surface area contributed by atoms with Crippen molar-refractivity contribution in [3.05, 3.63) is 62.4 Å². The predicted molar refractivity (Wildman–Crippen MR) is 80.3 cm³/mol. The molecule has 0 amide bonds. The summed E-state index contributed by atoms with van der Waals surface area (Å²) in [5, 5.41) is 10.4. The van der Waals surface area contributed by atoms with E-state index in [0.29, 0.717) is 0 Å². The highest BCUT2D eigenvalue weighted by atomic mass is 35.5. The van der Waals surface area contributed by atoms with Gasteiger partial charge in [0.15, 0.2) is 0 Å². The summed E-state index contributed by atoms with van der Waals surface area (Å²) < 4.78 is 39.6. The van der Waals surface area contributed by atoms with Gasteiger partial charge in [0.05, 0.1) is 20.7 Å². The largest absolute Gasteiger partial charge is 0.278 e. The zero-order valence-electron chi connectivity index (χ0n) is 10.6. The molecule has 0 aromatic heterocycles. The number of nitro groups is 1. The van der Waals surface area contributed by atoms with E-state index in [1.165, 1.54) is 0 Å². The van der Waals surface area contributed by atoms with Crippen LogP contribution in [0.5, 0.6) is 0 Å². The Kier molecular flexibility index (Phi) is 4.55. The van der Waals surface area contributed by atoms with E-state index >= 15 is 0 Å². The van der Waals surface area contributed by atoms with Crippen molar-refractivity contribution in [3.63, 3.8) is 0 Å². The Bertz CT molecular complexity index is 858. The zero-order valence-corrected chi connectivity index (χ0v) is 12.9. The lowest BCUT2D eigenvalue weighted by molar-refractivity contribution is -0.385. The van der Waals surface area contributed by atoms with Gasteiger partial charge in [0.25, 0.3) is 15.7 Å². The van der Waals surface area contributed by atoms with Crippen LogP contribution in [-0.4, -0.2) is 13.3 Å². The highest BCUT2D eigenvalue weighted by Crippen LogP contribution is 2.30. The molecule has 2 aromatic carbocycles. The summed E-state index contributed by atoms with van der Waals surface area (Å²) in [6.07, 6.45) is 0. The van der Waals surface area contributed by atoms with Crippen molar-refractivity contribution in [2.75, 3.05) is 4.72 Å². The van der Waals surface area contributed by atoms with Crippen LogP contribution >= 0.6 is 23.2 Å². The second-order valence-electron chi connectivity index (χ2n) is 4.10. The normalized spacial score (nSPS) is 11.2. The molecule has 1 N–H and O–H groups in total. The predicted octanol–water partition coefficient (Wildman–Crippen LogP) is 3.84. The number of sulfonamides is 1. The number of halogens is 3. The van der Waals surface area contributed by atoms with Crippen molar-refractivity contribution in [3.8, 4) is 0 Å². The molecule has 0 saturated carbocycles. The Hall–Kier alpha value is -1.90. The first-order valence-electron chi connectivity index (χ1n) is 5.62. The Morgan fingerprint density at radius 1 is 1.09 bits per heavy atom. The molecule has 2 rings (SSSR count). The van der Waals surface area contributed by atoms with E-state index < -0.39 is 31.3 Å². The van der Waals surface area contributed by atoms with E-state index in [1.807, 2.05) is 0 Å². The molecule has 2 aromatic rings. The molecule has 0 bridgehead atoms. The first kappa shape index (κ1) is 16.5. The zero-order chi connectivity index (χ0) is 16.5. The van der Waals surface area contributed by atoms with E-state index in [1.54, 1.807) is 0 Å². The molecular weight excluding hydrogens is 358 g/mol. The standard InChI is InChI=1S/C12H7Cl2FN2O4S/c13-9-3-2-8(17(18)19)6-12(9)22(20,21)16-11-4-1-7(15)5-10(11)14/h1-6,16H. The van der Waals surface area contributed by atoms with Gasteiger partial charge in [-0.25, -0.2) is 12.8 Å². The van der Waals surface area contributed by atoms with Gasteiger partial charge in [-0.3, -0.25) is 14.8 Å². The van der Waals surface area contributed by atoms with Gasteiger partial charge in [0, 0.05) is 12.1 Å². The molecular formula is C12H7Cl2FN2O4S. The molecule has 22 heavy (non-hydrogen) atoms. The molecule has 6 nitrogen and oxygen atoms in total. The number of hydrogen-bond donors (Lipinski definition) is 1. The van der Waals surface area contributed by atoms with E-state index in [0.717, 1.165) is 36.4 Å². The van der Waals surface area contributed by atoms with Crippen LogP contribution in [0, 0.1) is 15.9 Å². The van der Waals surface area contributed by atoms with Gasteiger partial charge in [-0.1, -0.05) is 23.2 Å². The average Bonchev–Trinajstić information content (AvgIpc) is 2.42. The fraction of sp³-hybridized carbons (Fsp3) is 0. The molecule has 10 heteroatoms. The Morgan fingerprint density at radius 3 is 2.36 bits per heavy atom. The smallest absolute Gasteiger partial charge is 0.270 e. The van der Waals surface area contributed by atoms with Crippen molar-refractivity contribution in [1.29, 1.82) is 0 Å². The van der Waals surface area contributed by atoms with E-state index in [2.05, 4.69) is 4.72 Å². The second kappa shape index (κ2) is 6.07. The van der Waals surface area contributed by atoms with Gasteiger partial charge < -0.3 is 0 Å². The lowest BCUT2D eigenvalue weighted by atomic mass is 10.3. The molecule has 0 unspecified atom stereocenters. The number of rotatable bonds is 4. The van der Waals surface area contributed by atoms with Crippen LogP contribution in [-0.2, 0) is 10.0 Å².